The third kappa shape index (κ3) is 7.20. The Bertz CT molecular complexity index is 997. The van der Waals surface area contributed by atoms with Crippen molar-refractivity contribution in [1.29, 1.82) is 0 Å². The number of aliphatic hydroxyl groups is 1. The van der Waals surface area contributed by atoms with Crippen molar-refractivity contribution in [1.82, 2.24) is 0 Å². The highest BCUT2D eigenvalue weighted by Gasteiger charge is 2.31. The summed E-state index contributed by atoms with van der Waals surface area (Å²) < 4.78 is 5.95. The zero-order valence-electron chi connectivity index (χ0n) is 22.5. The molecule has 2 aromatic carbocycles. The largest absolute Gasteiger partial charge is 0.493 e. The van der Waals surface area contributed by atoms with Crippen LogP contribution in [0.4, 0.5) is 0 Å². The van der Waals surface area contributed by atoms with E-state index in [9.17, 15) is 9.90 Å². The summed E-state index contributed by atoms with van der Waals surface area (Å²) in [5.74, 6) is 0.102. The standard InChI is InChI=1S/C31H44O4/c1-7-30(34,8-2)19-18-25-14-15-26(21-23(25)5)31(9-3,10-4)27-16-17-28(24(6)22-27)35-20-12-11-13-29(32)33/h14-19,21-22,34H,7-13,20H2,1-6H3,(H,32,33). The molecule has 0 atom stereocenters. The molecular weight excluding hydrogens is 436 g/mol. The van der Waals surface area contributed by atoms with Crippen LogP contribution in [0, 0.1) is 13.8 Å². The van der Waals surface area contributed by atoms with Crippen molar-refractivity contribution in [2.45, 2.75) is 97.5 Å². The summed E-state index contributed by atoms with van der Waals surface area (Å²) in [6, 6.07) is 13.2. The number of unbranched alkanes of at least 4 members (excludes halogenated alkanes) is 1. The van der Waals surface area contributed by atoms with Gasteiger partial charge in [0.2, 0.25) is 0 Å². The zero-order chi connectivity index (χ0) is 26.1. The van der Waals surface area contributed by atoms with Gasteiger partial charge in [-0.05, 0) is 86.3 Å². The van der Waals surface area contributed by atoms with Crippen molar-refractivity contribution in [3.63, 3.8) is 0 Å². The van der Waals surface area contributed by atoms with Gasteiger partial charge in [0, 0.05) is 11.8 Å². The molecule has 0 heterocycles. The molecule has 0 spiro atoms. The van der Waals surface area contributed by atoms with Crippen molar-refractivity contribution >= 4 is 12.0 Å². The molecule has 0 saturated heterocycles. The zero-order valence-corrected chi connectivity index (χ0v) is 22.5. The van der Waals surface area contributed by atoms with Crippen LogP contribution in [0.15, 0.2) is 42.5 Å². The molecule has 0 radical (unpaired) electrons. The molecule has 0 fully saturated rings. The molecule has 0 saturated carbocycles. The van der Waals surface area contributed by atoms with E-state index < -0.39 is 11.6 Å². The van der Waals surface area contributed by atoms with Gasteiger partial charge in [0.25, 0.3) is 0 Å². The van der Waals surface area contributed by atoms with E-state index in [0.29, 0.717) is 25.9 Å². The van der Waals surface area contributed by atoms with Gasteiger partial charge in [-0.3, -0.25) is 4.79 Å². The lowest BCUT2D eigenvalue weighted by atomic mass is 9.70. The first kappa shape index (κ1) is 28.6. The predicted molar refractivity (Wildman–Crippen MR) is 145 cm³/mol. The summed E-state index contributed by atoms with van der Waals surface area (Å²) in [6.45, 7) is 13.3. The minimum atomic E-state index is -0.760. The van der Waals surface area contributed by atoms with Crippen LogP contribution in [0.1, 0.15) is 100 Å². The maximum atomic E-state index is 10.7. The smallest absolute Gasteiger partial charge is 0.303 e. The Kier molecular flexibility index (Phi) is 10.6. The van der Waals surface area contributed by atoms with Crippen molar-refractivity contribution in [3.8, 4) is 5.75 Å². The van der Waals surface area contributed by atoms with Crippen LogP contribution in [-0.2, 0) is 10.2 Å². The van der Waals surface area contributed by atoms with E-state index in [0.717, 1.165) is 36.1 Å². The van der Waals surface area contributed by atoms with Crippen LogP contribution in [0.5, 0.6) is 5.75 Å². The van der Waals surface area contributed by atoms with Crippen molar-refractivity contribution in [2.24, 2.45) is 0 Å². The van der Waals surface area contributed by atoms with Crippen molar-refractivity contribution < 1.29 is 19.7 Å². The van der Waals surface area contributed by atoms with E-state index in [1.165, 1.54) is 16.7 Å². The molecule has 0 amide bonds. The van der Waals surface area contributed by atoms with E-state index >= 15 is 0 Å². The maximum Gasteiger partial charge on any atom is 0.303 e. The highest BCUT2D eigenvalue weighted by molar-refractivity contribution is 5.66. The molecule has 0 bridgehead atoms. The van der Waals surface area contributed by atoms with Crippen LogP contribution >= 0.6 is 0 Å². The van der Waals surface area contributed by atoms with Gasteiger partial charge in [-0.15, -0.1) is 0 Å². The quantitative estimate of drug-likeness (QED) is 0.273. The van der Waals surface area contributed by atoms with Gasteiger partial charge < -0.3 is 14.9 Å². The SMILES string of the molecule is CCC(O)(C=Cc1ccc(C(CC)(CC)c2ccc(OCCCCC(=O)O)c(C)c2)cc1C)CC. The van der Waals surface area contributed by atoms with E-state index in [1.54, 1.807) is 0 Å². The lowest BCUT2D eigenvalue weighted by Crippen LogP contribution is -2.26. The molecule has 0 aliphatic rings. The summed E-state index contributed by atoms with van der Waals surface area (Å²) in [4.78, 5) is 10.7. The van der Waals surface area contributed by atoms with Crippen LogP contribution < -0.4 is 4.74 Å². The van der Waals surface area contributed by atoms with Crippen LogP contribution in [0.3, 0.4) is 0 Å². The van der Waals surface area contributed by atoms with E-state index in [2.05, 4.69) is 70.2 Å². The van der Waals surface area contributed by atoms with E-state index in [-0.39, 0.29) is 11.8 Å². The summed E-state index contributed by atoms with van der Waals surface area (Å²) >= 11 is 0. The van der Waals surface area contributed by atoms with Gasteiger partial charge in [0.05, 0.1) is 12.2 Å². The number of carboxylic acids is 1. The second-order valence-electron chi connectivity index (χ2n) is 9.68. The monoisotopic (exact) mass is 480 g/mol. The molecule has 2 aromatic rings. The molecule has 4 heteroatoms. The molecule has 0 aliphatic carbocycles. The first-order valence-corrected chi connectivity index (χ1v) is 13.1. The highest BCUT2D eigenvalue weighted by Crippen LogP contribution is 2.41. The Morgan fingerprint density at radius 3 is 2.00 bits per heavy atom. The number of benzene rings is 2. The summed E-state index contributed by atoms with van der Waals surface area (Å²) in [5, 5.41) is 19.4. The first-order chi connectivity index (χ1) is 16.6. The van der Waals surface area contributed by atoms with Gasteiger partial charge in [0.1, 0.15) is 5.75 Å². The number of carboxylic acid groups (broad SMARTS) is 1. The maximum absolute atomic E-state index is 10.7. The minimum Gasteiger partial charge on any atom is -0.493 e. The summed E-state index contributed by atoms with van der Waals surface area (Å²) in [5.41, 5.74) is 5.19. The van der Waals surface area contributed by atoms with E-state index in [1.807, 2.05) is 19.9 Å². The van der Waals surface area contributed by atoms with Crippen molar-refractivity contribution in [3.05, 3.63) is 70.3 Å². The average molecular weight is 481 g/mol. The number of ether oxygens (including phenoxy) is 1. The molecular formula is C31H44O4. The Morgan fingerprint density at radius 2 is 1.49 bits per heavy atom. The average Bonchev–Trinajstić information content (AvgIpc) is 2.85. The Labute approximate surface area is 212 Å². The van der Waals surface area contributed by atoms with Gasteiger partial charge in [-0.1, -0.05) is 70.2 Å². The number of aryl methyl sites for hydroxylation is 2. The number of hydrogen-bond acceptors (Lipinski definition) is 3. The summed E-state index contributed by atoms with van der Waals surface area (Å²) in [7, 11) is 0. The number of hydrogen-bond donors (Lipinski definition) is 2. The minimum absolute atomic E-state index is 0.0919. The normalized spacial score (nSPS) is 12.3. The van der Waals surface area contributed by atoms with Gasteiger partial charge in [-0.25, -0.2) is 0 Å². The Morgan fingerprint density at radius 1 is 0.886 bits per heavy atom. The van der Waals surface area contributed by atoms with Gasteiger partial charge in [-0.2, -0.15) is 0 Å². The number of carbonyl (C=O) groups is 1. The second-order valence-corrected chi connectivity index (χ2v) is 9.68. The highest BCUT2D eigenvalue weighted by atomic mass is 16.5. The second kappa shape index (κ2) is 12.9. The molecule has 0 unspecified atom stereocenters. The van der Waals surface area contributed by atoms with Crippen LogP contribution in [0.2, 0.25) is 0 Å². The molecule has 2 rings (SSSR count). The topological polar surface area (TPSA) is 66.8 Å². The lowest BCUT2D eigenvalue weighted by Gasteiger charge is -2.34. The van der Waals surface area contributed by atoms with Crippen LogP contribution in [0.25, 0.3) is 6.08 Å². The Balaban J connectivity index is 2.28. The van der Waals surface area contributed by atoms with Gasteiger partial charge in [0.15, 0.2) is 0 Å². The first-order valence-electron chi connectivity index (χ1n) is 13.1. The molecule has 4 nitrogen and oxygen atoms in total. The summed E-state index contributed by atoms with van der Waals surface area (Å²) in [6.07, 6.45) is 8.90. The third-order valence-corrected chi connectivity index (χ3v) is 7.60. The predicted octanol–water partition coefficient (Wildman–Crippen LogP) is 7.61. The molecule has 35 heavy (non-hydrogen) atoms. The van der Waals surface area contributed by atoms with Gasteiger partial charge >= 0.3 is 5.97 Å². The third-order valence-electron chi connectivity index (χ3n) is 7.60. The number of rotatable bonds is 14. The molecule has 192 valence electrons. The van der Waals surface area contributed by atoms with E-state index in [4.69, 9.17) is 9.84 Å². The molecule has 2 N–H and O–H groups in total. The lowest BCUT2D eigenvalue weighted by molar-refractivity contribution is -0.137. The molecule has 0 aromatic heterocycles. The van der Waals surface area contributed by atoms with Crippen molar-refractivity contribution in [2.75, 3.05) is 6.61 Å². The Hall–Kier alpha value is -2.59. The fourth-order valence-corrected chi connectivity index (χ4v) is 4.79. The number of aliphatic carboxylic acids is 1. The van der Waals surface area contributed by atoms with Crippen LogP contribution in [-0.4, -0.2) is 28.4 Å². The fourth-order valence-electron chi connectivity index (χ4n) is 4.79. The fraction of sp³-hybridized carbons (Fsp3) is 0.516. The molecule has 0 aliphatic heterocycles.